The quantitative estimate of drug-likeness (QED) is 0.819. The number of carbonyl (C=O) groups is 1. The summed E-state index contributed by atoms with van der Waals surface area (Å²) in [5.74, 6) is -3.32. The van der Waals surface area contributed by atoms with Gasteiger partial charge >= 0.3 is 5.76 Å². The number of alkyl halides is 2. The molecule has 0 unspecified atom stereocenters. The molecular weight excluding hydrogens is 404 g/mol. The van der Waals surface area contributed by atoms with Gasteiger partial charge in [0.25, 0.3) is 5.91 Å². The first kappa shape index (κ1) is 19.4. The van der Waals surface area contributed by atoms with E-state index in [0.29, 0.717) is 31.1 Å². The van der Waals surface area contributed by atoms with Crippen LogP contribution in [0.1, 0.15) is 16.8 Å². The molecule has 0 aliphatic carbocycles. The van der Waals surface area contributed by atoms with Gasteiger partial charge in [0.2, 0.25) is 9.84 Å². The van der Waals surface area contributed by atoms with Gasteiger partial charge in [-0.2, -0.15) is 8.78 Å². The number of halogens is 3. The summed E-state index contributed by atoms with van der Waals surface area (Å²) in [6.45, 7) is 0.876. The van der Waals surface area contributed by atoms with E-state index in [1.807, 2.05) is 0 Å². The van der Waals surface area contributed by atoms with Crippen LogP contribution >= 0.6 is 11.6 Å². The Morgan fingerprint density at radius 3 is 2.44 bits per heavy atom. The molecule has 144 valence electrons. The van der Waals surface area contributed by atoms with Crippen LogP contribution in [-0.4, -0.2) is 33.3 Å². The number of nitrogens with one attached hydrogen (secondary N) is 1. The van der Waals surface area contributed by atoms with Crippen LogP contribution in [-0.2, 0) is 9.84 Å². The molecule has 0 atom stereocenters. The summed E-state index contributed by atoms with van der Waals surface area (Å²) >= 11 is 6.14. The van der Waals surface area contributed by atoms with Crippen LogP contribution < -0.4 is 14.8 Å². The lowest BCUT2D eigenvalue weighted by molar-refractivity contribution is 0.102. The summed E-state index contributed by atoms with van der Waals surface area (Å²) in [5.41, 5.74) is 0.435. The summed E-state index contributed by atoms with van der Waals surface area (Å²) in [6, 6.07) is 7.34. The number of anilines is 1. The van der Waals surface area contributed by atoms with Crippen molar-refractivity contribution in [2.45, 2.75) is 17.1 Å². The molecule has 1 amide bonds. The van der Waals surface area contributed by atoms with Gasteiger partial charge in [0.05, 0.1) is 23.1 Å². The van der Waals surface area contributed by atoms with Crippen molar-refractivity contribution in [2.24, 2.45) is 0 Å². The fourth-order valence-electron chi connectivity index (χ4n) is 2.40. The Kier molecular flexibility index (Phi) is 5.52. The van der Waals surface area contributed by atoms with Gasteiger partial charge in [-0.25, -0.2) is 8.42 Å². The molecule has 27 heavy (non-hydrogen) atoms. The fraction of sp³-hybridized carbons (Fsp3) is 0.235. The SMILES string of the molecule is O=C(Nc1ccc(S(=O)(=O)C(F)F)cc1)c1cc(Cl)c2c(c1)OCCCO2. The Bertz CT molecular complexity index is 964. The minimum absolute atomic E-state index is 0.202. The lowest BCUT2D eigenvalue weighted by Gasteiger charge is -2.12. The van der Waals surface area contributed by atoms with Gasteiger partial charge < -0.3 is 14.8 Å². The first-order chi connectivity index (χ1) is 12.8. The zero-order valence-corrected chi connectivity index (χ0v) is 15.3. The molecule has 1 aliphatic heterocycles. The Labute approximate surface area is 159 Å². The zero-order valence-electron chi connectivity index (χ0n) is 13.7. The summed E-state index contributed by atoms with van der Waals surface area (Å²) in [7, 11) is -4.69. The molecule has 6 nitrogen and oxygen atoms in total. The van der Waals surface area contributed by atoms with Crippen LogP contribution in [0.5, 0.6) is 11.5 Å². The minimum atomic E-state index is -4.69. The second-order valence-corrected chi connectivity index (χ2v) is 7.94. The van der Waals surface area contributed by atoms with E-state index >= 15 is 0 Å². The van der Waals surface area contributed by atoms with Gasteiger partial charge in [0, 0.05) is 17.7 Å². The van der Waals surface area contributed by atoms with E-state index < -0.39 is 26.4 Å². The Morgan fingerprint density at radius 1 is 1.11 bits per heavy atom. The van der Waals surface area contributed by atoms with Crippen molar-refractivity contribution in [2.75, 3.05) is 18.5 Å². The molecule has 1 N–H and O–H groups in total. The topological polar surface area (TPSA) is 81.7 Å². The first-order valence-electron chi connectivity index (χ1n) is 7.81. The van der Waals surface area contributed by atoms with Gasteiger partial charge in [-0.15, -0.1) is 0 Å². The van der Waals surface area contributed by atoms with Crippen LogP contribution in [0.15, 0.2) is 41.3 Å². The normalized spacial score (nSPS) is 13.9. The van der Waals surface area contributed by atoms with Gasteiger partial charge in [0.15, 0.2) is 11.5 Å². The summed E-state index contributed by atoms with van der Waals surface area (Å²) in [4.78, 5) is 11.9. The largest absolute Gasteiger partial charge is 0.489 e. The highest BCUT2D eigenvalue weighted by Crippen LogP contribution is 2.38. The first-order valence-corrected chi connectivity index (χ1v) is 9.74. The van der Waals surface area contributed by atoms with Crippen molar-refractivity contribution in [3.05, 3.63) is 47.0 Å². The number of amides is 1. The molecule has 1 aliphatic rings. The van der Waals surface area contributed by atoms with E-state index in [-0.39, 0.29) is 16.3 Å². The van der Waals surface area contributed by atoms with Crippen molar-refractivity contribution in [1.29, 1.82) is 0 Å². The number of fused-ring (bicyclic) bond motifs is 1. The molecule has 1 heterocycles. The maximum absolute atomic E-state index is 12.5. The molecule has 0 saturated heterocycles. The predicted molar refractivity (Wildman–Crippen MR) is 94.6 cm³/mol. The molecule has 2 aromatic rings. The van der Waals surface area contributed by atoms with Crippen LogP contribution in [0.4, 0.5) is 14.5 Å². The molecule has 3 rings (SSSR count). The molecule has 0 saturated carbocycles. The molecule has 0 aromatic heterocycles. The molecule has 10 heteroatoms. The molecule has 0 bridgehead atoms. The van der Waals surface area contributed by atoms with Crippen LogP contribution in [0.3, 0.4) is 0 Å². The van der Waals surface area contributed by atoms with Crippen molar-refractivity contribution in [3.8, 4) is 11.5 Å². The Balaban J connectivity index is 1.80. The van der Waals surface area contributed by atoms with Crippen LogP contribution in [0, 0.1) is 0 Å². The lowest BCUT2D eigenvalue weighted by atomic mass is 10.1. The van der Waals surface area contributed by atoms with Crippen molar-refractivity contribution >= 4 is 33.0 Å². The van der Waals surface area contributed by atoms with Gasteiger partial charge in [0.1, 0.15) is 0 Å². The summed E-state index contributed by atoms with van der Waals surface area (Å²) < 4.78 is 58.9. The highest BCUT2D eigenvalue weighted by molar-refractivity contribution is 7.91. The second kappa shape index (κ2) is 7.69. The summed E-state index contributed by atoms with van der Waals surface area (Å²) in [5, 5.41) is 2.76. The van der Waals surface area contributed by atoms with E-state index in [9.17, 15) is 22.0 Å². The van der Waals surface area contributed by atoms with Crippen molar-refractivity contribution in [1.82, 2.24) is 0 Å². The van der Waals surface area contributed by atoms with Crippen molar-refractivity contribution < 1.29 is 31.5 Å². The van der Waals surface area contributed by atoms with Gasteiger partial charge in [-0.3, -0.25) is 4.79 Å². The standard InChI is InChI=1S/C17H14ClF2NO5S/c18-13-8-10(9-14-15(13)26-7-1-6-25-14)16(22)21-11-2-4-12(5-3-11)27(23,24)17(19)20/h2-5,8-9,17H,1,6-7H2,(H,21,22). The third-order valence-electron chi connectivity index (χ3n) is 3.74. The zero-order chi connectivity index (χ0) is 19.6. The van der Waals surface area contributed by atoms with Gasteiger partial charge in [-0.1, -0.05) is 11.6 Å². The third-order valence-corrected chi connectivity index (χ3v) is 5.42. The van der Waals surface area contributed by atoms with Gasteiger partial charge in [-0.05, 0) is 36.4 Å². The number of ether oxygens (including phenoxy) is 2. The van der Waals surface area contributed by atoms with E-state index in [1.54, 1.807) is 0 Å². The summed E-state index contributed by atoms with van der Waals surface area (Å²) in [6.07, 6.45) is 0.681. The third kappa shape index (κ3) is 4.14. The molecule has 0 radical (unpaired) electrons. The maximum atomic E-state index is 12.5. The lowest BCUT2D eigenvalue weighted by Crippen LogP contribution is -2.13. The number of sulfone groups is 1. The molecule has 0 spiro atoms. The van der Waals surface area contributed by atoms with E-state index in [1.165, 1.54) is 24.3 Å². The van der Waals surface area contributed by atoms with Crippen LogP contribution in [0.2, 0.25) is 5.02 Å². The maximum Gasteiger partial charge on any atom is 0.341 e. The van der Waals surface area contributed by atoms with Crippen molar-refractivity contribution in [3.63, 3.8) is 0 Å². The van der Waals surface area contributed by atoms with E-state index in [2.05, 4.69) is 5.32 Å². The fourth-order valence-corrected chi connectivity index (χ4v) is 3.38. The average Bonchev–Trinajstić information content (AvgIpc) is 2.88. The number of rotatable bonds is 4. The van der Waals surface area contributed by atoms with E-state index in [4.69, 9.17) is 21.1 Å². The molecular formula is C17H14ClF2NO5S. The highest BCUT2D eigenvalue weighted by atomic mass is 35.5. The number of hydrogen-bond acceptors (Lipinski definition) is 5. The Hall–Kier alpha value is -2.39. The monoisotopic (exact) mass is 417 g/mol. The number of carbonyl (C=O) groups excluding carboxylic acids is 1. The van der Waals surface area contributed by atoms with E-state index in [0.717, 1.165) is 12.1 Å². The smallest absolute Gasteiger partial charge is 0.341 e. The predicted octanol–water partition coefficient (Wildman–Crippen LogP) is 3.75. The Morgan fingerprint density at radius 2 is 1.78 bits per heavy atom. The molecule has 0 fully saturated rings. The average molecular weight is 418 g/mol. The number of hydrogen-bond donors (Lipinski definition) is 1. The number of benzene rings is 2. The highest BCUT2D eigenvalue weighted by Gasteiger charge is 2.26. The second-order valence-electron chi connectivity index (χ2n) is 5.62. The van der Waals surface area contributed by atoms with Crippen LogP contribution in [0.25, 0.3) is 0 Å². The molecule has 2 aromatic carbocycles. The minimum Gasteiger partial charge on any atom is -0.489 e.